The third-order valence-corrected chi connectivity index (χ3v) is 6.55. The van der Waals surface area contributed by atoms with Gasteiger partial charge in [-0.05, 0) is 19.3 Å². The monoisotopic (exact) mass is 228 g/mol. The number of hydrogen-bond donors (Lipinski definition) is 0. The molecule has 0 fully saturated rings. The SMILES string of the molecule is C[SiH2]C1(Cl)CCCC(Cl)=C1Cl. The minimum atomic E-state index is -0.316. The summed E-state index contributed by atoms with van der Waals surface area (Å²) in [5.41, 5.74) is 0. The van der Waals surface area contributed by atoms with Crippen molar-refractivity contribution >= 4 is 44.3 Å². The van der Waals surface area contributed by atoms with Crippen LogP contribution in [-0.2, 0) is 0 Å². The van der Waals surface area contributed by atoms with Crippen molar-refractivity contribution in [2.75, 3.05) is 0 Å². The summed E-state index contributed by atoms with van der Waals surface area (Å²) in [6.45, 7) is 2.17. The lowest BCUT2D eigenvalue weighted by Crippen LogP contribution is -2.31. The van der Waals surface area contributed by atoms with Gasteiger partial charge in [0.15, 0.2) is 0 Å². The van der Waals surface area contributed by atoms with Crippen molar-refractivity contribution in [3.63, 3.8) is 0 Å². The first kappa shape index (κ1) is 9.91. The van der Waals surface area contributed by atoms with Crippen LogP contribution in [0.25, 0.3) is 0 Å². The maximum Gasteiger partial charge on any atom is 0.0659 e. The van der Waals surface area contributed by atoms with Crippen LogP contribution in [-0.4, -0.2) is 14.0 Å². The summed E-state index contributed by atoms with van der Waals surface area (Å²) in [7, 11) is -0.316. The Bertz CT molecular complexity index is 190. The van der Waals surface area contributed by atoms with E-state index in [2.05, 4.69) is 6.55 Å². The Balaban J connectivity index is 2.90. The van der Waals surface area contributed by atoms with Gasteiger partial charge >= 0.3 is 0 Å². The van der Waals surface area contributed by atoms with E-state index in [1.54, 1.807) is 0 Å². The summed E-state index contributed by atoms with van der Waals surface area (Å²) < 4.78 is -0.225. The zero-order valence-corrected chi connectivity index (χ0v) is 10.1. The number of rotatable bonds is 1. The molecule has 1 unspecified atom stereocenters. The predicted molar refractivity (Wildman–Crippen MR) is 55.6 cm³/mol. The number of alkyl halides is 1. The molecular weight excluding hydrogens is 219 g/mol. The van der Waals surface area contributed by atoms with Gasteiger partial charge in [-0.15, -0.1) is 11.6 Å². The number of allylic oxidation sites excluding steroid dienone is 2. The van der Waals surface area contributed by atoms with Gasteiger partial charge in [0, 0.05) is 19.6 Å². The molecular formula is C7H11Cl3Si. The highest BCUT2D eigenvalue weighted by Gasteiger charge is 2.33. The maximum atomic E-state index is 6.29. The van der Waals surface area contributed by atoms with E-state index in [0.29, 0.717) is 0 Å². The molecule has 0 aromatic heterocycles. The quantitative estimate of drug-likeness (QED) is 0.479. The number of halogens is 3. The van der Waals surface area contributed by atoms with Crippen molar-refractivity contribution < 1.29 is 0 Å². The van der Waals surface area contributed by atoms with Crippen LogP contribution in [0.5, 0.6) is 0 Å². The lowest BCUT2D eigenvalue weighted by atomic mass is 10.1. The number of hydrogen-bond acceptors (Lipinski definition) is 0. The average molecular weight is 230 g/mol. The molecule has 0 spiro atoms. The average Bonchev–Trinajstić information content (AvgIpc) is 2.00. The van der Waals surface area contributed by atoms with Gasteiger partial charge in [-0.3, -0.25) is 0 Å². The Morgan fingerprint density at radius 3 is 2.55 bits per heavy atom. The lowest BCUT2D eigenvalue weighted by Gasteiger charge is -2.29. The highest BCUT2D eigenvalue weighted by molar-refractivity contribution is 6.62. The molecule has 0 aliphatic heterocycles. The Labute approximate surface area is 84.7 Å². The van der Waals surface area contributed by atoms with Gasteiger partial charge in [-0.2, -0.15) is 0 Å². The molecule has 0 nitrogen and oxygen atoms in total. The lowest BCUT2D eigenvalue weighted by molar-refractivity contribution is 0.678. The molecule has 0 saturated carbocycles. The summed E-state index contributed by atoms with van der Waals surface area (Å²) in [4.78, 5) is 0. The summed E-state index contributed by atoms with van der Waals surface area (Å²) in [5, 5.41) is 1.50. The van der Waals surface area contributed by atoms with Crippen molar-refractivity contribution in [2.24, 2.45) is 0 Å². The second kappa shape index (κ2) is 3.69. The molecule has 1 rings (SSSR count). The largest absolute Gasteiger partial charge is 0.118 e. The normalized spacial score (nSPS) is 33.8. The molecule has 1 aliphatic carbocycles. The summed E-state index contributed by atoms with van der Waals surface area (Å²) >= 11 is 18.2. The van der Waals surface area contributed by atoms with E-state index >= 15 is 0 Å². The molecule has 0 aromatic rings. The second-order valence-electron chi connectivity index (χ2n) is 2.89. The minimum absolute atomic E-state index is 0.225. The molecule has 0 radical (unpaired) electrons. The maximum absolute atomic E-state index is 6.29. The fraction of sp³-hybridized carbons (Fsp3) is 0.714. The molecule has 0 N–H and O–H groups in total. The van der Waals surface area contributed by atoms with E-state index in [4.69, 9.17) is 34.8 Å². The van der Waals surface area contributed by atoms with E-state index in [9.17, 15) is 0 Å². The van der Waals surface area contributed by atoms with Crippen molar-refractivity contribution in [1.82, 2.24) is 0 Å². The first-order valence-electron chi connectivity index (χ1n) is 3.83. The molecule has 0 aromatic carbocycles. The van der Waals surface area contributed by atoms with Crippen LogP contribution in [0.3, 0.4) is 0 Å². The topological polar surface area (TPSA) is 0 Å². The first-order chi connectivity index (χ1) is 5.10. The molecule has 0 bridgehead atoms. The highest BCUT2D eigenvalue weighted by atomic mass is 35.5. The van der Waals surface area contributed by atoms with Crippen LogP contribution in [0.15, 0.2) is 10.1 Å². The summed E-state index contributed by atoms with van der Waals surface area (Å²) in [6.07, 6.45) is 3.00. The van der Waals surface area contributed by atoms with Gasteiger partial charge in [0.2, 0.25) is 0 Å². The molecule has 11 heavy (non-hydrogen) atoms. The fourth-order valence-electron chi connectivity index (χ4n) is 1.32. The van der Waals surface area contributed by atoms with E-state index in [-0.39, 0.29) is 14.0 Å². The highest BCUT2D eigenvalue weighted by Crippen LogP contribution is 2.41. The molecule has 1 atom stereocenters. The molecule has 4 heteroatoms. The zero-order valence-electron chi connectivity index (χ0n) is 6.46. The van der Waals surface area contributed by atoms with Gasteiger partial charge in [0.1, 0.15) is 0 Å². The predicted octanol–water partition coefficient (Wildman–Crippen LogP) is 3.01. The van der Waals surface area contributed by atoms with Crippen LogP contribution >= 0.6 is 34.8 Å². The van der Waals surface area contributed by atoms with Crippen LogP contribution in [0, 0.1) is 0 Å². The minimum Gasteiger partial charge on any atom is -0.118 e. The molecule has 0 heterocycles. The third-order valence-electron chi connectivity index (χ3n) is 2.16. The van der Waals surface area contributed by atoms with Crippen molar-refractivity contribution in [1.29, 1.82) is 0 Å². The van der Waals surface area contributed by atoms with E-state index in [1.807, 2.05) is 0 Å². The Morgan fingerprint density at radius 2 is 2.09 bits per heavy atom. The van der Waals surface area contributed by atoms with Gasteiger partial charge < -0.3 is 0 Å². The van der Waals surface area contributed by atoms with Gasteiger partial charge in [0.25, 0.3) is 0 Å². The van der Waals surface area contributed by atoms with Gasteiger partial charge in [0.05, 0.1) is 4.50 Å². The van der Waals surface area contributed by atoms with E-state index < -0.39 is 0 Å². The van der Waals surface area contributed by atoms with Gasteiger partial charge in [-0.25, -0.2) is 0 Å². The summed E-state index contributed by atoms with van der Waals surface area (Å²) in [6, 6.07) is 0. The van der Waals surface area contributed by atoms with E-state index in [0.717, 1.165) is 29.3 Å². The third kappa shape index (κ3) is 1.94. The standard InChI is InChI=1S/C7H11Cl3Si/c1-11-7(10)4-2-3-5(8)6(7)9/h2-4,11H2,1H3. The van der Waals surface area contributed by atoms with Gasteiger partial charge in [-0.1, -0.05) is 29.7 Å². The Kier molecular flexibility index (Phi) is 3.33. The van der Waals surface area contributed by atoms with E-state index in [1.165, 1.54) is 0 Å². The Morgan fingerprint density at radius 1 is 1.45 bits per heavy atom. The zero-order chi connectivity index (χ0) is 8.48. The fourth-order valence-corrected chi connectivity index (χ4v) is 3.76. The molecule has 0 saturated heterocycles. The van der Waals surface area contributed by atoms with Crippen LogP contribution in [0.2, 0.25) is 6.55 Å². The Hall–Kier alpha value is 0.827. The van der Waals surface area contributed by atoms with Crippen molar-refractivity contribution in [3.8, 4) is 0 Å². The van der Waals surface area contributed by atoms with Crippen LogP contribution < -0.4 is 0 Å². The molecule has 0 amide bonds. The molecule has 64 valence electrons. The molecule has 1 aliphatic rings. The smallest absolute Gasteiger partial charge is 0.0659 e. The van der Waals surface area contributed by atoms with Crippen LogP contribution in [0.1, 0.15) is 19.3 Å². The van der Waals surface area contributed by atoms with Crippen molar-refractivity contribution in [3.05, 3.63) is 10.1 Å². The summed E-state index contributed by atoms with van der Waals surface area (Å²) in [5.74, 6) is 0. The van der Waals surface area contributed by atoms with Crippen LogP contribution in [0.4, 0.5) is 0 Å². The first-order valence-corrected chi connectivity index (χ1v) is 7.09. The second-order valence-corrected chi connectivity index (χ2v) is 6.81. The van der Waals surface area contributed by atoms with Crippen molar-refractivity contribution in [2.45, 2.75) is 30.3 Å².